The van der Waals surface area contributed by atoms with E-state index < -0.39 is 21.4 Å². The van der Waals surface area contributed by atoms with Crippen molar-refractivity contribution in [1.82, 2.24) is 0 Å². The summed E-state index contributed by atoms with van der Waals surface area (Å²) in [6, 6.07) is 11.4. The van der Waals surface area contributed by atoms with Crippen LogP contribution < -0.4 is 4.74 Å². The number of aryl methyl sites for hydroxylation is 1. The number of ether oxygens (including phenoxy) is 3. The molecule has 0 saturated carbocycles. The SMILES string of the molecule is CCc1ccc(CS(=O)(=O)c2ccccc2)c(C(=O)OC)c1OCCCC(=O)OC(C)(C)C. The molecule has 180 valence electrons. The van der Waals surface area contributed by atoms with Gasteiger partial charge in [0.2, 0.25) is 0 Å². The smallest absolute Gasteiger partial charge is 0.341 e. The second-order valence-corrected chi connectivity index (χ2v) is 10.5. The first-order chi connectivity index (χ1) is 15.5. The molecule has 0 aliphatic carbocycles. The van der Waals surface area contributed by atoms with Crippen LogP contribution in [-0.4, -0.2) is 39.7 Å². The molecular formula is C25H32O7S. The number of rotatable bonds is 10. The molecule has 0 radical (unpaired) electrons. The van der Waals surface area contributed by atoms with Gasteiger partial charge in [-0.1, -0.05) is 37.3 Å². The van der Waals surface area contributed by atoms with Crippen LogP contribution in [-0.2, 0) is 36.3 Å². The van der Waals surface area contributed by atoms with E-state index >= 15 is 0 Å². The lowest BCUT2D eigenvalue weighted by molar-refractivity contribution is -0.155. The second-order valence-electron chi connectivity index (χ2n) is 8.54. The van der Waals surface area contributed by atoms with Crippen LogP contribution in [0.25, 0.3) is 0 Å². The van der Waals surface area contributed by atoms with Crippen molar-refractivity contribution in [2.45, 2.75) is 63.2 Å². The fourth-order valence-electron chi connectivity index (χ4n) is 3.26. The molecule has 2 aromatic carbocycles. The molecule has 0 heterocycles. The molecular weight excluding hydrogens is 444 g/mol. The van der Waals surface area contributed by atoms with Gasteiger partial charge in [-0.05, 0) is 56.9 Å². The Morgan fingerprint density at radius 3 is 2.18 bits per heavy atom. The fraction of sp³-hybridized carbons (Fsp3) is 0.440. The van der Waals surface area contributed by atoms with E-state index in [1.54, 1.807) is 51.1 Å². The number of benzene rings is 2. The Morgan fingerprint density at radius 1 is 0.970 bits per heavy atom. The fourth-order valence-corrected chi connectivity index (χ4v) is 4.64. The molecule has 0 N–H and O–H groups in total. The van der Waals surface area contributed by atoms with Gasteiger partial charge in [0.05, 0.1) is 24.4 Å². The molecule has 0 unspecified atom stereocenters. The van der Waals surface area contributed by atoms with Crippen molar-refractivity contribution in [1.29, 1.82) is 0 Å². The number of esters is 2. The summed E-state index contributed by atoms with van der Waals surface area (Å²) in [5.41, 5.74) is 0.566. The molecule has 0 spiro atoms. The molecule has 33 heavy (non-hydrogen) atoms. The lowest BCUT2D eigenvalue weighted by Gasteiger charge is -2.20. The van der Waals surface area contributed by atoms with Gasteiger partial charge in [0.25, 0.3) is 0 Å². The Labute approximate surface area is 196 Å². The summed E-state index contributed by atoms with van der Waals surface area (Å²) in [5.74, 6) is -1.10. The molecule has 0 saturated heterocycles. The summed E-state index contributed by atoms with van der Waals surface area (Å²) in [6.45, 7) is 7.46. The van der Waals surface area contributed by atoms with Crippen LogP contribution in [0.3, 0.4) is 0 Å². The van der Waals surface area contributed by atoms with Gasteiger partial charge < -0.3 is 14.2 Å². The van der Waals surface area contributed by atoms with Crippen LogP contribution in [0.2, 0.25) is 0 Å². The zero-order chi connectivity index (χ0) is 24.6. The van der Waals surface area contributed by atoms with E-state index in [9.17, 15) is 18.0 Å². The number of hydrogen-bond acceptors (Lipinski definition) is 7. The lowest BCUT2D eigenvalue weighted by Crippen LogP contribution is -2.24. The molecule has 7 nitrogen and oxygen atoms in total. The maximum absolute atomic E-state index is 12.9. The predicted molar refractivity (Wildman–Crippen MR) is 125 cm³/mol. The topological polar surface area (TPSA) is 96.0 Å². The van der Waals surface area contributed by atoms with E-state index in [2.05, 4.69) is 0 Å². The van der Waals surface area contributed by atoms with E-state index in [0.717, 1.165) is 5.56 Å². The maximum atomic E-state index is 12.9. The summed E-state index contributed by atoms with van der Waals surface area (Å²) in [6.07, 6.45) is 1.11. The zero-order valence-electron chi connectivity index (χ0n) is 19.8. The van der Waals surface area contributed by atoms with Crippen molar-refractivity contribution in [2.75, 3.05) is 13.7 Å². The van der Waals surface area contributed by atoms with Crippen LogP contribution in [0.4, 0.5) is 0 Å². The minimum atomic E-state index is -3.69. The molecule has 0 atom stereocenters. The maximum Gasteiger partial charge on any atom is 0.341 e. The van der Waals surface area contributed by atoms with Gasteiger partial charge in [0.1, 0.15) is 16.9 Å². The summed E-state index contributed by atoms with van der Waals surface area (Å²) in [5, 5.41) is 0. The molecule has 0 fully saturated rings. The lowest BCUT2D eigenvalue weighted by atomic mass is 10.0. The third kappa shape index (κ3) is 7.60. The van der Waals surface area contributed by atoms with E-state index in [1.165, 1.54) is 19.2 Å². The molecule has 8 heteroatoms. The summed E-state index contributed by atoms with van der Waals surface area (Å²) in [4.78, 5) is 24.8. The minimum Gasteiger partial charge on any atom is -0.492 e. The largest absolute Gasteiger partial charge is 0.492 e. The Bertz CT molecular complexity index is 1070. The first-order valence-electron chi connectivity index (χ1n) is 10.8. The number of sulfone groups is 1. The summed E-state index contributed by atoms with van der Waals surface area (Å²) in [7, 11) is -2.45. The van der Waals surface area contributed by atoms with Crippen molar-refractivity contribution in [3.8, 4) is 5.75 Å². The Balaban J connectivity index is 2.30. The van der Waals surface area contributed by atoms with Gasteiger partial charge in [-0.2, -0.15) is 0 Å². The molecule has 0 aliphatic rings. The third-order valence-electron chi connectivity index (χ3n) is 4.74. The molecule has 0 amide bonds. The highest BCUT2D eigenvalue weighted by Crippen LogP contribution is 2.31. The number of carbonyl (C=O) groups excluding carboxylic acids is 2. The van der Waals surface area contributed by atoms with Crippen molar-refractivity contribution in [2.24, 2.45) is 0 Å². The van der Waals surface area contributed by atoms with Crippen LogP contribution in [0.1, 0.15) is 62.0 Å². The van der Waals surface area contributed by atoms with E-state index in [4.69, 9.17) is 14.2 Å². The highest BCUT2D eigenvalue weighted by Gasteiger charge is 2.26. The first-order valence-corrected chi connectivity index (χ1v) is 12.5. The van der Waals surface area contributed by atoms with Gasteiger partial charge in [0.15, 0.2) is 9.84 Å². The van der Waals surface area contributed by atoms with Gasteiger partial charge in [-0.3, -0.25) is 4.79 Å². The van der Waals surface area contributed by atoms with Gasteiger partial charge >= 0.3 is 11.9 Å². The highest BCUT2D eigenvalue weighted by molar-refractivity contribution is 7.90. The van der Waals surface area contributed by atoms with Crippen molar-refractivity contribution < 1.29 is 32.2 Å². The quantitative estimate of drug-likeness (QED) is 0.368. The van der Waals surface area contributed by atoms with Crippen LogP contribution in [0, 0.1) is 0 Å². The van der Waals surface area contributed by atoms with E-state index in [1.807, 2.05) is 6.92 Å². The Morgan fingerprint density at radius 2 is 1.61 bits per heavy atom. The van der Waals surface area contributed by atoms with Gasteiger partial charge in [-0.15, -0.1) is 0 Å². The molecule has 0 aliphatic heterocycles. The molecule has 0 bridgehead atoms. The third-order valence-corrected chi connectivity index (χ3v) is 6.42. The van der Waals surface area contributed by atoms with Crippen molar-refractivity contribution in [3.63, 3.8) is 0 Å². The Kier molecular flexibility index (Phi) is 9.05. The standard InChI is InChI=1S/C25H32O7S/c1-6-18-14-15-19(17-33(28,29)20-11-8-7-9-12-20)22(24(27)30-5)23(18)31-16-10-13-21(26)32-25(2,3)4/h7-9,11-12,14-15H,6,10,13,16-17H2,1-5H3. The molecule has 0 aromatic heterocycles. The molecule has 2 aromatic rings. The van der Waals surface area contributed by atoms with Gasteiger partial charge in [-0.25, -0.2) is 13.2 Å². The summed E-state index contributed by atoms with van der Waals surface area (Å²) < 4.78 is 42.0. The summed E-state index contributed by atoms with van der Waals surface area (Å²) >= 11 is 0. The number of hydrogen-bond donors (Lipinski definition) is 0. The van der Waals surface area contributed by atoms with Crippen molar-refractivity contribution in [3.05, 3.63) is 59.2 Å². The van der Waals surface area contributed by atoms with E-state index in [0.29, 0.717) is 18.4 Å². The average Bonchev–Trinajstić information content (AvgIpc) is 2.75. The van der Waals surface area contributed by atoms with Crippen LogP contribution >= 0.6 is 0 Å². The first kappa shape index (κ1) is 26.4. The Hall–Kier alpha value is -2.87. The van der Waals surface area contributed by atoms with Crippen LogP contribution in [0.5, 0.6) is 5.75 Å². The number of carbonyl (C=O) groups is 2. The van der Waals surface area contributed by atoms with Crippen LogP contribution in [0.15, 0.2) is 47.4 Å². The zero-order valence-corrected chi connectivity index (χ0v) is 20.7. The highest BCUT2D eigenvalue weighted by atomic mass is 32.2. The normalized spacial score (nSPS) is 11.7. The minimum absolute atomic E-state index is 0.0913. The van der Waals surface area contributed by atoms with Gasteiger partial charge in [0, 0.05) is 6.42 Å². The second kappa shape index (κ2) is 11.3. The molecule has 2 rings (SSSR count). The number of methoxy groups -OCH3 is 1. The predicted octanol–water partition coefficient (Wildman–Crippen LogP) is 4.51. The monoisotopic (exact) mass is 476 g/mol. The van der Waals surface area contributed by atoms with E-state index in [-0.39, 0.29) is 41.0 Å². The van der Waals surface area contributed by atoms with Crippen molar-refractivity contribution >= 4 is 21.8 Å². The average molecular weight is 477 g/mol.